The standard InChI is InChI=1S/C25H28O7/c1-12(2)5-7-15-23(30)16(10-18(27)13(3)4)24(31)22-20(29)11-21(32-25(15)22)14-6-8-17(26)19(28)9-14/h5-9,12,18,21,26-28,30-31H,3,10-11H2,1-2,4H3/t18-,21+/m1/s1. The van der Waals surface area contributed by atoms with Crippen LogP contribution >= 0.6 is 0 Å². The summed E-state index contributed by atoms with van der Waals surface area (Å²) < 4.78 is 6.05. The van der Waals surface area contributed by atoms with Gasteiger partial charge in [0.2, 0.25) is 0 Å². The number of ketones is 1. The van der Waals surface area contributed by atoms with Crippen molar-refractivity contribution in [1.29, 1.82) is 0 Å². The molecule has 7 heteroatoms. The third-order valence-electron chi connectivity index (χ3n) is 5.43. The summed E-state index contributed by atoms with van der Waals surface area (Å²) in [6, 6.07) is 4.13. The van der Waals surface area contributed by atoms with Gasteiger partial charge in [0.15, 0.2) is 17.3 Å². The highest BCUT2D eigenvalue weighted by molar-refractivity contribution is 6.04. The highest BCUT2D eigenvalue weighted by Crippen LogP contribution is 2.49. The molecule has 5 N–H and O–H groups in total. The molecule has 2 aromatic rings. The number of carbonyl (C=O) groups is 1. The number of carbonyl (C=O) groups excluding carboxylic acids is 1. The Morgan fingerprint density at radius 3 is 2.47 bits per heavy atom. The molecule has 0 radical (unpaired) electrons. The molecule has 32 heavy (non-hydrogen) atoms. The molecule has 0 fully saturated rings. The molecule has 0 bridgehead atoms. The lowest BCUT2D eigenvalue weighted by molar-refractivity contribution is 0.0842. The first-order valence-corrected chi connectivity index (χ1v) is 10.3. The normalized spacial score (nSPS) is 16.8. The van der Waals surface area contributed by atoms with Gasteiger partial charge in [0.1, 0.15) is 28.9 Å². The zero-order valence-electron chi connectivity index (χ0n) is 18.3. The van der Waals surface area contributed by atoms with Crippen molar-refractivity contribution in [3.05, 3.63) is 58.7 Å². The first kappa shape index (κ1) is 23.2. The Hall–Kier alpha value is -3.45. The number of benzene rings is 2. The molecule has 0 aromatic heterocycles. The number of aliphatic hydroxyl groups is 1. The van der Waals surface area contributed by atoms with Gasteiger partial charge in [-0.1, -0.05) is 44.2 Å². The van der Waals surface area contributed by atoms with Gasteiger partial charge in [-0.05, 0) is 30.5 Å². The number of aliphatic hydroxyl groups excluding tert-OH is 1. The molecular weight excluding hydrogens is 412 g/mol. The maximum atomic E-state index is 13.1. The van der Waals surface area contributed by atoms with Crippen LogP contribution in [0.1, 0.15) is 60.3 Å². The van der Waals surface area contributed by atoms with E-state index in [0.29, 0.717) is 11.1 Å². The molecule has 7 nitrogen and oxygen atoms in total. The number of hydrogen-bond acceptors (Lipinski definition) is 7. The number of ether oxygens (including phenoxy) is 1. The van der Waals surface area contributed by atoms with Crippen LogP contribution in [0.2, 0.25) is 0 Å². The molecule has 170 valence electrons. The zero-order valence-corrected chi connectivity index (χ0v) is 18.3. The first-order chi connectivity index (χ1) is 15.0. The zero-order chi connectivity index (χ0) is 23.7. The molecule has 3 rings (SSSR count). The summed E-state index contributed by atoms with van der Waals surface area (Å²) >= 11 is 0. The number of Topliss-reactive ketones (excluding diaryl/α,β-unsaturated/α-hetero) is 1. The molecular formula is C25H28O7. The number of hydrogen-bond donors (Lipinski definition) is 5. The van der Waals surface area contributed by atoms with Crippen LogP contribution < -0.4 is 4.74 Å². The second-order valence-electron chi connectivity index (χ2n) is 8.44. The quantitative estimate of drug-likeness (QED) is 0.333. The number of phenols is 4. The van der Waals surface area contributed by atoms with Gasteiger partial charge < -0.3 is 30.3 Å². The van der Waals surface area contributed by atoms with E-state index in [-0.39, 0.29) is 58.4 Å². The second-order valence-corrected chi connectivity index (χ2v) is 8.44. The third-order valence-corrected chi connectivity index (χ3v) is 5.43. The highest BCUT2D eigenvalue weighted by atomic mass is 16.5. The molecule has 0 saturated heterocycles. The molecule has 0 unspecified atom stereocenters. The lowest BCUT2D eigenvalue weighted by atomic mass is 9.88. The summed E-state index contributed by atoms with van der Waals surface area (Å²) in [5, 5.41) is 51.5. The van der Waals surface area contributed by atoms with Crippen molar-refractivity contribution in [1.82, 2.24) is 0 Å². The predicted molar refractivity (Wildman–Crippen MR) is 120 cm³/mol. The largest absolute Gasteiger partial charge is 0.507 e. The summed E-state index contributed by atoms with van der Waals surface area (Å²) in [4.78, 5) is 13.1. The lowest BCUT2D eigenvalue weighted by Crippen LogP contribution is -2.22. The fraction of sp³-hybridized carbons (Fsp3) is 0.320. The van der Waals surface area contributed by atoms with Crippen LogP contribution in [-0.2, 0) is 6.42 Å². The number of aromatic hydroxyl groups is 4. The van der Waals surface area contributed by atoms with Gasteiger partial charge in [-0.15, -0.1) is 0 Å². The lowest BCUT2D eigenvalue weighted by Gasteiger charge is -2.29. The van der Waals surface area contributed by atoms with Crippen molar-refractivity contribution >= 4 is 11.9 Å². The Balaban J connectivity index is 2.17. The van der Waals surface area contributed by atoms with Gasteiger partial charge in [0, 0.05) is 12.0 Å². The van der Waals surface area contributed by atoms with E-state index in [1.807, 2.05) is 19.9 Å². The van der Waals surface area contributed by atoms with Crippen LogP contribution in [0.15, 0.2) is 36.4 Å². The summed E-state index contributed by atoms with van der Waals surface area (Å²) in [7, 11) is 0. The fourth-order valence-corrected chi connectivity index (χ4v) is 3.54. The van der Waals surface area contributed by atoms with E-state index in [1.54, 1.807) is 13.0 Å². The maximum absolute atomic E-state index is 13.1. The average Bonchev–Trinajstić information content (AvgIpc) is 2.71. The molecule has 2 atom stereocenters. The molecule has 0 spiro atoms. The average molecular weight is 440 g/mol. The summed E-state index contributed by atoms with van der Waals surface area (Å²) in [5.41, 5.74) is 1.11. The topological polar surface area (TPSA) is 127 Å². The fourth-order valence-electron chi connectivity index (χ4n) is 3.54. The van der Waals surface area contributed by atoms with E-state index < -0.39 is 23.7 Å². The smallest absolute Gasteiger partial charge is 0.174 e. The van der Waals surface area contributed by atoms with Crippen molar-refractivity contribution in [2.45, 2.75) is 45.8 Å². The maximum Gasteiger partial charge on any atom is 0.174 e. The Labute approximate surface area is 186 Å². The third kappa shape index (κ3) is 4.43. The molecule has 0 saturated carbocycles. The van der Waals surface area contributed by atoms with Crippen molar-refractivity contribution in [2.24, 2.45) is 5.92 Å². The molecule has 0 amide bonds. The van der Waals surface area contributed by atoms with Gasteiger partial charge >= 0.3 is 0 Å². The van der Waals surface area contributed by atoms with E-state index in [9.17, 15) is 30.3 Å². The van der Waals surface area contributed by atoms with Crippen LogP contribution in [0.3, 0.4) is 0 Å². The van der Waals surface area contributed by atoms with Crippen LogP contribution in [0.25, 0.3) is 6.08 Å². The van der Waals surface area contributed by atoms with E-state index in [1.165, 1.54) is 18.2 Å². The van der Waals surface area contributed by atoms with Crippen molar-refractivity contribution < 1.29 is 35.1 Å². The minimum absolute atomic E-state index is 0.0271. The summed E-state index contributed by atoms with van der Waals surface area (Å²) in [6.45, 7) is 9.21. The molecule has 1 aliphatic heterocycles. The Morgan fingerprint density at radius 1 is 1.19 bits per heavy atom. The van der Waals surface area contributed by atoms with Crippen molar-refractivity contribution in [2.75, 3.05) is 0 Å². The monoisotopic (exact) mass is 440 g/mol. The van der Waals surface area contributed by atoms with Gasteiger partial charge in [-0.3, -0.25) is 4.79 Å². The van der Waals surface area contributed by atoms with Gasteiger partial charge in [0.05, 0.1) is 18.1 Å². The van der Waals surface area contributed by atoms with E-state index >= 15 is 0 Å². The molecule has 1 heterocycles. The van der Waals surface area contributed by atoms with Gasteiger partial charge in [-0.2, -0.15) is 0 Å². The predicted octanol–water partition coefficient (Wildman–Crippen LogP) is 4.36. The van der Waals surface area contributed by atoms with Crippen LogP contribution in [0.4, 0.5) is 0 Å². The van der Waals surface area contributed by atoms with E-state index in [4.69, 9.17) is 4.74 Å². The SMILES string of the molecule is C=C(C)[C@H](O)Cc1c(O)c(C=CC(C)C)c2c(c1O)C(=O)C[C@@H](c1ccc(O)c(O)c1)O2. The minimum atomic E-state index is -1.01. The Bertz CT molecular complexity index is 1100. The van der Waals surface area contributed by atoms with E-state index in [0.717, 1.165) is 0 Å². The minimum Gasteiger partial charge on any atom is -0.507 e. The highest BCUT2D eigenvalue weighted by Gasteiger charge is 2.36. The van der Waals surface area contributed by atoms with Crippen LogP contribution in [0.5, 0.6) is 28.7 Å². The second kappa shape index (κ2) is 8.96. The summed E-state index contributed by atoms with van der Waals surface area (Å²) in [5.74, 6) is -1.62. The first-order valence-electron chi connectivity index (χ1n) is 10.3. The molecule has 1 aliphatic rings. The summed E-state index contributed by atoms with van der Waals surface area (Å²) in [6.07, 6.45) is 1.39. The Kier molecular flexibility index (Phi) is 6.50. The van der Waals surface area contributed by atoms with Crippen molar-refractivity contribution in [3.63, 3.8) is 0 Å². The van der Waals surface area contributed by atoms with Crippen LogP contribution in [-0.4, -0.2) is 37.4 Å². The van der Waals surface area contributed by atoms with E-state index in [2.05, 4.69) is 6.58 Å². The van der Waals surface area contributed by atoms with Gasteiger partial charge in [-0.25, -0.2) is 0 Å². The molecule has 0 aliphatic carbocycles. The van der Waals surface area contributed by atoms with Crippen molar-refractivity contribution in [3.8, 4) is 28.7 Å². The number of allylic oxidation sites excluding steroid dienone is 1. The van der Waals surface area contributed by atoms with Crippen LogP contribution in [0, 0.1) is 5.92 Å². The van der Waals surface area contributed by atoms with Gasteiger partial charge in [0.25, 0.3) is 0 Å². The number of rotatable bonds is 6. The Morgan fingerprint density at radius 2 is 1.88 bits per heavy atom. The molecule has 2 aromatic carbocycles. The number of phenolic OH excluding ortho intramolecular Hbond substituents is 4. The number of fused-ring (bicyclic) bond motifs is 1.